The number of benzene rings is 1. The van der Waals surface area contributed by atoms with E-state index in [0.717, 1.165) is 11.1 Å². The van der Waals surface area contributed by atoms with Crippen LogP contribution in [0.3, 0.4) is 0 Å². The van der Waals surface area contributed by atoms with Gasteiger partial charge in [-0.25, -0.2) is 0 Å². The fourth-order valence-electron chi connectivity index (χ4n) is 1.82. The van der Waals surface area contributed by atoms with Crippen LogP contribution in [-0.4, -0.2) is 18.2 Å². The fourth-order valence-corrected chi connectivity index (χ4v) is 1.82. The third-order valence-corrected chi connectivity index (χ3v) is 2.72. The summed E-state index contributed by atoms with van der Waals surface area (Å²) in [5.41, 5.74) is 1.79. The summed E-state index contributed by atoms with van der Waals surface area (Å²) in [5.74, 6) is -0.402. The Morgan fingerprint density at radius 1 is 1.35 bits per heavy atom. The Kier molecular flexibility index (Phi) is 4.29. The molecule has 3 heteroatoms. The molecule has 0 radical (unpaired) electrons. The lowest BCUT2D eigenvalue weighted by molar-refractivity contribution is -0.142. The maximum atomic E-state index is 11.2. The van der Waals surface area contributed by atoms with Crippen molar-refractivity contribution in [2.75, 3.05) is 7.11 Å². The van der Waals surface area contributed by atoms with Gasteiger partial charge in [0.2, 0.25) is 0 Å². The third-order valence-electron chi connectivity index (χ3n) is 2.72. The maximum Gasteiger partial charge on any atom is 0.308 e. The molecule has 1 unspecified atom stereocenters. The van der Waals surface area contributed by atoms with Crippen molar-refractivity contribution < 1.29 is 14.6 Å². The van der Waals surface area contributed by atoms with Crippen LogP contribution < -0.4 is 0 Å². The second kappa shape index (κ2) is 5.32. The Hall–Kier alpha value is -1.35. The molecular formula is C14H20O3. The number of carbonyl (C=O) groups excluding carboxylic acids is 1. The molecule has 0 amide bonds. The van der Waals surface area contributed by atoms with Gasteiger partial charge in [-0.1, -0.05) is 45.0 Å². The monoisotopic (exact) mass is 236 g/mol. The lowest BCUT2D eigenvalue weighted by Gasteiger charge is -2.24. The second-order valence-electron chi connectivity index (χ2n) is 5.13. The van der Waals surface area contributed by atoms with Gasteiger partial charge in [0.15, 0.2) is 0 Å². The predicted octanol–water partition coefficient (Wildman–Crippen LogP) is 2.58. The Morgan fingerprint density at radius 3 is 2.47 bits per heavy atom. The quantitative estimate of drug-likeness (QED) is 0.820. The summed E-state index contributed by atoms with van der Waals surface area (Å²) in [7, 11) is 1.32. The van der Waals surface area contributed by atoms with Crippen LogP contribution in [0.2, 0.25) is 0 Å². The minimum absolute atomic E-state index is 0.0103. The number of carbonyl (C=O) groups is 1. The molecule has 0 aliphatic rings. The van der Waals surface area contributed by atoms with Gasteiger partial charge in [-0.2, -0.15) is 0 Å². The standard InChI is InChI=1S/C14H20O3/c1-14(2,3)11-8-6-5-7-10(11)12(15)9-13(16)17-4/h5-8,12,15H,9H2,1-4H3. The third kappa shape index (κ3) is 3.56. The van der Waals surface area contributed by atoms with Gasteiger partial charge < -0.3 is 9.84 Å². The Morgan fingerprint density at radius 2 is 1.94 bits per heavy atom. The van der Waals surface area contributed by atoms with E-state index in [4.69, 9.17) is 0 Å². The highest BCUT2D eigenvalue weighted by Crippen LogP contribution is 2.30. The molecule has 0 heterocycles. The normalized spacial score (nSPS) is 13.2. The predicted molar refractivity (Wildman–Crippen MR) is 66.7 cm³/mol. The highest BCUT2D eigenvalue weighted by Gasteiger charge is 2.22. The summed E-state index contributed by atoms with van der Waals surface area (Å²) in [4.78, 5) is 11.2. The summed E-state index contributed by atoms with van der Waals surface area (Å²) in [6.45, 7) is 6.24. The summed E-state index contributed by atoms with van der Waals surface area (Å²) in [6, 6.07) is 7.64. The summed E-state index contributed by atoms with van der Waals surface area (Å²) < 4.78 is 4.57. The number of hydrogen-bond acceptors (Lipinski definition) is 3. The Balaban J connectivity index is 3.01. The molecule has 0 saturated carbocycles. The van der Waals surface area contributed by atoms with Crippen molar-refractivity contribution in [3.8, 4) is 0 Å². The van der Waals surface area contributed by atoms with Gasteiger partial charge in [-0.15, -0.1) is 0 Å². The van der Waals surface area contributed by atoms with Crippen LogP contribution in [0.4, 0.5) is 0 Å². The number of hydrogen-bond donors (Lipinski definition) is 1. The van der Waals surface area contributed by atoms with E-state index in [-0.39, 0.29) is 11.8 Å². The van der Waals surface area contributed by atoms with E-state index >= 15 is 0 Å². The van der Waals surface area contributed by atoms with Crippen molar-refractivity contribution in [2.45, 2.75) is 38.7 Å². The van der Waals surface area contributed by atoms with Crippen LogP contribution in [-0.2, 0) is 14.9 Å². The molecule has 0 aliphatic carbocycles. The van der Waals surface area contributed by atoms with Gasteiger partial charge in [-0.3, -0.25) is 4.79 Å². The molecule has 1 N–H and O–H groups in total. The minimum Gasteiger partial charge on any atom is -0.469 e. The zero-order chi connectivity index (χ0) is 13.1. The van der Waals surface area contributed by atoms with Crippen molar-refractivity contribution in [1.29, 1.82) is 0 Å². The highest BCUT2D eigenvalue weighted by atomic mass is 16.5. The Bertz CT molecular complexity index is 391. The maximum absolute atomic E-state index is 11.2. The molecule has 1 aromatic rings. The molecule has 0 saturated heterocycles. The molecule has 0 aromatic heterocycles. The second-order valence-corrected chi connectivity index (χ2v) is 5.13. The van der Waals surface area contributed by atoms with E-state index < -0.39 is 12.1 Å². The first-order valence-corrected chi connectivity index (χ1v) is 5.70. The van der Waals surface area contributed by atoms with E-state index in [9.17, 15) is 9.90 Å². The molecule has 1 aromatic carbocycles. The summed E-state index contributed by atoms with van der Waals surface area (Å²) >= 11 is 0. The van der Waals surface area contributed by atoms with Gasteiger partial charge in [0.1, 0.15) is 0 Å². The summed E-state index contributed by atoms with van der Waals surface area (Å²) in [5, 5.41) is 10.1. The van der Waals surface area contributed by atoms with E-state index in [1.165, 1.54) is 7.11 Å². The molecule has 0 bridgehead atoms. The van der Waals surface area contributed by atoms with E-state index in [2.05, 4.69) is 25.5 Å². The molecule has 94 valence electrons. The average Bonchev–Trinajstić information content (AvgIpc) is 2.27. The molecule has 0 aliphatic heterocycles. The first-order valence-electron chi connectivity index (χ1n) is 5.70. The first-order chi connectivity index (χ1) is 7.86. The van der Waals surface area contributed by atoms with E-state index in [1.54, 1.807) is 0 Å². The molecular weight excluding hydrogens is 216 g/mol. The van der Waals surface area contributed by atoms with Crippen LogP contribution in [0.1, 0.15) is 44.4 Å². The van der Waals surface area contributed by atoms with Crippen molar-refractivity contribution in [2.24, 2.45) is 0 Å². The van der Waals surface area contributed by atoms with Gasteiger partial charge in [0.25, 0.3) is 0 Å². The smallest absolute Gasteiger partial charge is 0.308 e. The number of rotatable bonds is 3. The summed E-state index contributed by atoms with van der Waals surface area (Å²) in [6.07, 6.45) is -0.818. The number of esters is 1. The van der Waals surface area contributed by atoms with E-state index in [1.807, 2.05) is 24.3 Å². The van der Waals surface area contributed by atoms with Crippen molar-refractivity contribution in [3.63, 3.8) is 0 Å². The number of methoxy groups -OCH3 is 1. The fraction of sp³-hybridized carbons (Fsp3) is 0.500. The molecule has 1 rings (SSSR count). The van der Waals surface area contributed by atoms with Gasteiger partial charge in [0, 0.05) is 0 Å². The average molecular weight is 236 g/mol. The van der Waals surface area contributed by atoms with Crippen molar-refractivity contribution in [1.82, 2.24) is 0 Å². The SMILES string of the molecule is COC(=O)CC(O)c1ccccc1C(C)(C)C. The Labute approximate surface area is 102 Å². The van der Waals surface area contributed by atoms with Crippen LogP contribution in [0.15, 0.2) is 24.3 Å². The highest BCUT2D eigenvalue weighted by molar-refractivity contribution is 5.70. The van der Waals surface area contributed by atoms with Gasteiger partial charge >= 0.3 is 5.97 Å². The molecule has 0 spiro atoms. The molecule has 3 nitrogen and oxygen atoms in total. The van der Waals surface area contributed by atoms with E-state index in [0.29, 0.717) is 0 Å². The van der Waals surface area contributed by atoms with Crippen molar-refractivity contribution >= 4 is 5.97 Å². The van der Waals surface area contributed by atoms with Crippen LogP contribution >= 0.6 is 0 Å². The molecule has 0 fully saturated rings. The zero-order valence-electron chi connectivity index (χ0n) is 10.9. The number of aliphatic hydroxyl groups excluding tert-OH is 1. The number of aliphatic hydroxyl groups is 1. The van der Waals surface area contributed by atoms with Crippen LogP contribution in [0.25, 0.3) is 0 Å². The van der Waals surface area contributed by atoms with Gasteiger partial charge in [0.05, 0.1) is 19.6 Å². The van der Waals surface area contributed by atoms with Crippen molar-refractivity contribution in [3.05, 3.63) is 35.4 Å². The van der Waals surface area contributed by atoms with Gasteiger partial charge in [-0.05, 0) is 16.5 Å². The lowest BCUT2D eigenvalue weighted by Crippen LogP contribution is -2.17. The topological polar surface area (TPSA) is 46.5 Å². The molecule has 1 atom stereocenters. The minimum atomic E-state index is -0.808. The number of ether oxygens (including phenoxy) is 1. The van der Waals surface area contributed by atoms with Crippen LogP contribution in [0, 0.1) is 0 Å². The molecule has 17 heavy (non-hydrogen) atoms. The first kappa shape index (κ1) is 13.7. The zero-order valence-corrected chi connectivity index (χ0v) is 10.9. The van der Waals surface area contributed by atoms with Crippen LogP contribution in [0.5, 0.6) is 0 Å². The lowest BCUT2D eigenvalue weighted by atomic mass is 9.82. The largest absolute Gasteiger partial charge is 0.469 e.